The van der Waals surface area contributed by atoms with Crippen LogP contribution in [0.25, 0.3) is 6.08 Å². The molecule has 0 aromatic heterocycles. The molecule has 0 saturated carbocycles. The highest BCUT2D eigenvalue weighted by atomic mass is 35.5. The lowest BCUT2D eigenvalue weighted by atomic mass is 10.0. The number of nitrogens with zero attached hydrogens (tertiary/aromatic N) is 1. The van der Waals surface area contributed by atoms with Crippen molar-refractivity contribution < 1.29 is 31.9 Å². The molecule has 1 aliphatic heterocycles. The standard InChI is InChI=1S/C24H13ClF4N2O3S/c25-19-12-14(24(27,28)29)10-13(20(19)26)11-18-21(32)30-23(35)31(22(18)33)15-6-8-17(9-7-15)34-16-4-2-1-3-5-16/h1-12H,(H,30,32,35). The summed E-state index contributed by atoms with van der Waals surface area (Å²) in [6, 6.07) is 15.9. The smallest absolute Gasteiger partial charge is 0.416 e. The topological polar surface area (TPSA) is 58.6 Å². The normalized spacial score (nSPS) is 15.4. The third-order valence-corrected chi connectivity index (χ3v) is 5.42. The van der Waals surface area contributed by atoms with Crippen LogP contribution in [0.2, 0.25) is 5.02 Å². The second-order valence-corrected chi connectivity index (χ2v) is 8.02. The van der Waals surface area contributed by atoms with E-state index in [1.807, 2.05) is 6.07 Å². The summed E-state index contributed by atoms with van der Waals surface area (Å²) in [6.45, 7) is 0. The minimum absolute atomic E-state index is 0.244. The van der Waals surface area contributed by atoms with Crippen LogP contribution in [-0.4, -0.2) is 16.9 Å². The third-order valence-electron chi connectivity index (χ3n) is 4.86. The van der Waals surface area contributed by atoms with E-state index < -0.39 is 45.5 Å². The lowest BCUT2D eigenvalue weighted by molar-refractivity contribution is -0.137. The van der Waals surface area contributed by atoms with Crippen LogP contribution in [0, 0.1) is 5.82 Å². The Bertz CT molecular complexity index is 1360. The first kappa shape index (κ1) is 24.4. The summed E-state index contributed by atoms with van der Waals surface area (Å²) in [7, 11) is 0. The molecule has 5 nitrogen and oxygen atoms in total. The van der Waals surface area contributed by atoms with Crippen molar-refractivity contribution in [3.05, 3.63) is 94.3 Å². The van der Waals surface area contributed by atoms with E-state index in [2.05, 4.69) is 5.32 Å². The maximum absolute atomic E-state index is 14.5. The monoisotopic (exact) mass is 520 g/mol. The number of alkyl halides is 3. The molecule has 1 saturated heterocycles. The Hall–Kier alpha value is -3.76. The van der Waals surface area contributed by atoms with Crippen molar-refractivity contribution in [3.63, 3.8) is 0 Å². The molecule has 0 radical (unpaired) electrons. The number of hydrogen-bond acceptors (Lipinski definition) is 4. The van der Waals surface area contributed by atoms with Gasteiger partial charge >= 0.3 is 6.18 Å². The highest BCUT2D eigenvalue weighted by molar-refractivity contribution is 7.80. The number of halogens is 5. The highest BCUT2D eigenvalue weighted by Crippen LogP contribution is 2.34. The van der Waals surface area contributed by atoms with Gasteiger partial charge in [0.25, 0.3) is 11.8 Å². The lowest BCUT2D eigenvalue weighted by Crippen LogP contribution is -2.54. The zero-order chi connectivity index (χ0) is 25.3. The van der Waals surface area contributed by atoms with Gasteiger partial charge in [0.2, 0.25) is 0 Å². The first-order valence-corrected chi connectivity index (χ1v) is 10.6. The Labute approximate surface area is 206 Å². The average molecular weight is 521 g/mol. The van der Waals surface area contributed by atoms with E-state index >= 15 is 0 Å². The van der Waals surface area contributed by atoms with Gasteiger partial charge in [0.15, 0.2) is 5.11 Å². The van der Waals surface area contributed by atoms with E-state index in [0.717, 1.165) is 4.90 Å². The summed E-state index contributed by atoms with van der Waals surface area (Å²) < 4.78 is 59.5. The highest BCUT2D eigenvalue weighted by Gasteiger charge is 2.36. The summed E-state index contributed by atoms with van der Waals surface area (Å²) in [5.41, 5.74) is -2.30. The Balaban J connectivity index is 1.67. The van der Waals surface area contributed by atoms with Gasteiger partial charge in [0, 0.05) is 5.56 Å². The van der Waals surface area contributed by atoms with Crippen molar-refractivity contribution in [2.75, 3.05) is 4.90 Å². The van der Waals surface area contributed by atoms with Crippen molar-refractivity contribution in [3.8, 4) is 11.5 Å². The van der Waals surface area contributed by atoms with Crippen LogP contribution in [0.15, 0.2) is 72.3 Å². The molecule has 1 aliphatic rings. The number of thiocarbonyl (C=S) groups is 1. The van der Waals surface area contributed by atoms with Crippen molar-refractivity contribution in [1.29, 1.82) is 0 Å². The SMILES string of the molecule is O=C1NC(=S)N(c2ccc(Oc3ccccc3)cc2)C(=O)C1=Cc1cc(C(F)(F)F)cc(Cl)c1F. The number of carbonyl (C=O) groups excluding carboxylic acids is 2. The number of amides is 2. The van der Waals surface area contributed by atoms with Gasteiger partial charge in [-0.2, -0.15) is 13.2 Å². The number of anilines is 1. The predicted octanol–water partition coefficient (Wildman–Crippen LogP) is 6.12. The predicted molar refractivity (Wildman–Crippen MR) is 126 cm³/mol. The molecule has 1 N–H and O–H groups in total. The Morgan fingerprint density at radius 1 is 0.971 bits per heavy atom. The summed E-state index contributed by atoms with van der Waals surface area (Å²) >= 11 is 10.7. The van der Waals surface area contributed by atoms with Gasteiger partial charge < -0.3 is 4.74 Å². The summed E-state index contributed by atoms with van der Waals surface area (Å²) in [6.07, 6.45) is -4.11. The van der Waals surface area contributed by atoms with Crippen molar-refractivity contribution in [1.82, 2.24) is 5.32 Å². The van der Waals surface area contributed by atoms with Gasteiger partial charge in [-0.05, 0) is 66.8 Å². The first-order valence-electron chi connectivity index (χ1n) is 9.85. The molecule has 4 rings (SSSR count). The van der Waals surface area contributed by atoms with E-state index in [1.165, 1.54) is 12.1 Å². The fourth-order valence-electron chi connectivity index (χ4n) is 3.21. The van der Waals surface area contributed by atoms with Gasteiger partial charge in [0.1, 0.15) is 22.9 Å². The molecule has 1 fully saturated rings. The maximum atomic E-state index is 14.5. The van der Waals surface area contributed by atoms with Gasteiger partial charge in [0.05, 0.1) is 16.3 Å². The van der Waals surface area contributed by atoms with Crippen molar-refractivity contribution in [2.24, 2.45) is 0 Å². The van der Waals surface area contributed by atoms with Crippen LogP contribution in [0.3, 0.4) is 0 Å². The molecular formula is C24H13ClF4N2O3S. The number of para-hydroxylation sites is 1. The molecule has 3 aromatic carbocycles. The van der Waals surface area contributed by atoms with E-state index in [1.54, 1.807) is 36.4 Å². The quantitative estimate of drug-likeness (QED) is 0.195. The van der Waals surface area contributed by atoms with Crippen LogP contribution in [0.4, 0.5) is 23.2 Å². The van der Waals surface area contributed by atoms with Crippen LogP contribution in [-0.2, 0) is 15.8 Å². The lowest BCUT2D eigenvalue weighted by Gasteiger charge is -2.29. The number of rotatable bonds is 4. The minimum Gasteiger partial charge on any atom is -0.457 e. The maximum Gasteiger partial charge on any atom is 0.416 e. The van der Waals surface area contributed by atoms with Crippen molar-refractivity contribution >= 4 is 52.5 Å². The molecule has 0 bridgehead atoms. The van der Waals surface area contributed by atoms with Crippen LogP contribution in [0.1, 0.15) is 11.1 Å². The number of carbonyl (C=O) groups is 2. The van der Waals surface area contributed by atoms with E-state index in [0.29, 0.717) is 29.7 Å². The zero-order valence-corrected chi connectivity index (χ0v) is 19.0. The Morgan fingerprint density at radius 3 is 2.23 bits per heavy atom. The molecule has 35 heavy (non-hydrogen) atoms. The molecule has 11 heteroatoms. The number of ether oxygens (including phenoxy) is 1. The second kappa shape index (κ2) is 9.47. The average Bonchev–Trinajstić information content (AvgIpc) is 2.80. The molecule has 0 spiro atoms. The fourth-order valence-corrected chi connectivity index (χ4v) is 3.72. The Kier molecular flexibility index (Phi) is 6.60. The number of nitrogens with one attached hydrogen (secondary N) is 1. The Morgan fingerprint density at radius 2 is 1.60 bits per heavy atom. The molecule has 2 amide bonds. The van der Waals surface area contributed by atoms with Crippen LogP contribution in [0.5, 0.6) is 11.5 Å². The molecule has 0 unspecified atom stereocenters. The van der Waals surface area contributed by atoms with Gasteiger partial charge in [-0.25, -0.2) is 4.39 Å². The number of benzene rings is 3. The van der Waals surface area contributed by atoms with Gasteiger partial charge in [-0.15, -0.1) is 0 Å². The number of hydrogen-bond donors (Lipinski definition) is 1. The molecule has 3 aromatic rings. The summed E-state index contributed by atoms with van der Waals surface area (Å²) in [4.78, 5) is 26.5. The molecule has 0 aliphatic carbocycles. The van der Waals surface area contributed by atoms with E-state index in [9.17, 15) is 27.2 Å². The van der Waals surface area contributed by atoms with Crippen LogP contribution < -0.4 is 15.0 Å². The third kappa shape index (κ3) is 5.18. The first-order chi connectivity index (χ1) is 16.5. The second-order valence-electron chi connectivity index (χ2n) is 7.23. The fraction of sp³-hybridized carbons (Fsp3) is 0.0417. The van der Waals surface area contributed by atoms with Crippen LogP contribution >= 0.6 is 23.8 Å². The molecular weight excluding hydrogens is 508 g/mol. The minimum atomic E-state index is -4.82. The summed E-state index contributed by atoms with van der Waals surface area (Å²) in [5, 5.41) is 1.22. The largest absolute Gasteiger partial charge is 0.457 e. The summed E-state index contributed by atoms with van der Waals surface area (Å²) in [5.74, 6) is -2.12. The van der Waals surface area contributed by atoms with Gasteiger partial charge in [-0.1, -0.05) is 29.8 Å². The molecule has 0 atom stereocenters. The van der Waals surface area contributed by atoms with Crippen molar-refractivity contribution in [2.45, 2.75) is 6.18 Å². The molecule has 178 valence electrons. The molecule has 1 heterocycles. The zero-order valence-electron chi connectivity index (χ0n) is 17.4. The van der Waals surface area contributed by atoms with E-state index in [4.69, 9.17) is 28.6 Å². The van der Waals surface area contributed by atoms with Gasteiger partial charge in [-0.3, -0.25) is 19.8 Å². The van der Waals surface area contributed by atoms with E-state index in [-0.39, 0.29) is 10.8 Å².